The van der Waals surface area contributed by atoms with Crippen LogP contribution in [0.2, 0.25) is 0 Å². The molecule has 0 amide bonds. The van der Waals surface area contributed by atoms with Crippen molar-refractivity contribution in [3.8, 4) is 11.4 Å². The first-order chi connectivity index (χ1) is 8.77. The molecule has 1 heterocycles. The van der Waals surface area contributed by atoms with Crippen LogP contribution < -0.4 is 5.73 Å². The van der Waals surface area contributed by atoms with Crippen LogP contribution in [0.25, 0.3) is 11.4 Å². The van der Waals surface area contributed by atoms with Gasteiger partial charge in [-0.05, 0) is 19.8 Å². The second kappa shape index (κ2) is 6.36. The van der Waals surface area contributed by atoms with Gasteiger partial charge >= 0.3 is 0 Å². The fraction of sp³-hybridized carbons (Fsp3) is 0.400. The number of aryl methyl sites for hydroxylation is 1. The Bertz CT molecular complexity index is 460. The van der Waals surface area contributed by atoms with Crippen LogP contribution in [-0.4, -0.2) is 15.6 Å². The maximum Gasteiger partial charge on any atom is 0.139 e. The molecule has 1 unspecified atom stereocenters. The van der Waals surface area contributed by atoms with Gasteiger partial charge in [0.05, 0.1) is 0 Å². The van der Waals surface area contributed by atoms with Gasteiger partial charge < -0.3 is 10.3 Å². The summed E-state index contributed by atoms with van der Waals surface area (Å²) in [5.41, 5.74) is 6.93. The van der Waals surface area contributed by atoms with E-state index in [1.165, 1.54) is 12.0 Å². The number of imidazole rings is 1. The van der Waals surface area contributed by atoms with Gasteiger partial charge in [0.25, 0.3) is 0 Å². The van der Waals surface area contributed by atoms with Crippen molar-refractivity contribution in [2.24, 2.45) is 5.73 Å². The molecule has 2 rings (SSSR count). The van der Waals surface area contributed by atoms with Crippen molar-refractivity contribution in [2.75, 3.05) is 0 Å². The zero-order valence-corrected chi connectivity index (χ0v) is 10.9. The molecule has 1 aromatic heterocycles. The summed E-state index contributed by atoms with van der Waals surface area (Å²) in [7, 11) is 0. The van der Waals surface area contributed by atoms with E-state index in [2.05, 4.69) is 28.6 Å². The number of unbranched alkanes of at least 4 members (excludes halogenated alkanes) is 1. The molecule has 2 aromatic rings. The van der Waals surface area contributed by atoms with Gasteiger partial charge in [0.15, 0.2) is 0 Å². The zero-order chi connectivity index (χ0) is 12.8. The molecule has 0 spiro atoms. The van der Waals surface area contributed by atoms with Crippen LogP contribution in [0.5, 0.6) is 0 Å². The quantitative estimate of drug-likeness (QED) is 0.792. The average Bonchev–Trinajstić information content (AvgIpc) is 2.84. The lowest BCUT2D eigenvalue weighted by Crippen LogP contribution is -2.14. The second-order valence-electron chi connectivity index (χ2n) is 4.78. The molecule has 18 heavy (non-hydrogen) atoms. The Kier molecular flexibility index (Phi) is 4.53. The molecule has 1 aromatic carbocycles. The van der Waals surface area contributed by atoms with Crippen LogP contribution in [0.4, 0.5) is 0 Å². The van der Waals surface area contributed by atoms with Crippen molar-refractivity contribution in [3.63, 3.8) is 0 Å². The lowest BCUT2D eigenvalue weighted by atomic mass is 10.1. The first kappa shape index (κ1) is 12.8. The maximum absolute atomic E-state index is 5.75. The van der Waals surface area contributed by atoms with Crippen LogP contribution in [-0.2, 0) is 6.54 Å². The third kappa shape index (κ3) is 3.44. The summed E-state index contributed by atoms with van der Waals surface area (Å²) in [6.45, 7) is 3.07. The molecule has 96 valence electrons. The van der Waals surface area contributed by atoms with E-state index in [4.69, 9.17) is 5.73 Å². The van der Waals surface area contributed by atoms with Gasteiger partial charge in [-0.25, -0.2) is 4.98 Å². The number of hydrogen-bond acceptors (Lipinski definition) is 2. The number of rotatable bonds is 6. The fourth-order valence-corrected chi connectivity index (χ4v) is 2.09. The molecule has 3 heteroatoms. The summed E-state index contributed by atoms with van der Waals surface area (Å²) < 4.78 is 2.22. The standard InChI is InChI=1S/C15H21N3/c1-13(16)7-5-6-11-18-12-10-17-15(18)14-8-3-2-4-9-14/h2-4,8-10,12-13H,5-7,11,16H2,1H3. The van der Waals surface area contributed by atoms with E-state index in [0.717, 1.165) is 25.2 Å². The predicted molar refractivity (Wildman–Crippen MR) is 75.2 cm³/mol. The largest absolute Gasteiger partial charge is 0.331 e. The number of nitrogens with zero attached hydrogens (tertiary/aromatic N) is 2. The molecule has 0 bridgehead atoms. The van der Waals surface area contributed by atoms with Crippen molar-refractivity contribution in [2.45, 2.75) is 38.8 Å². The molecular weight excluding hydrogens is 222 g/mol. The van der Waals surface area contributed by atoms with Crippen molar-refractivity contribution in [1.82, 2.24) is 9.55 Å². The molecule has 0 saturated heterocycles. The van der Waals surface area contributed by atoms with Crippen molar-refractivity contribution in [1.29, 1.82) is 0 Å². The average molecular weight is 243 g/mol. The van der Waals surface area contributed by atoms with Gasteiger partial charge in [-0.3, -0.25) is 0 Å². The fourth-order valence-electron chi connectivity index (χ4n) is 2.09. The minimum absolute atomic E-state index is 0.307. The smallest absolute Gasteiger partial charge is 0.139 e. The number of benzene rings is 1. The maximum atomic E-state index is 5.75. The molecule has 1 atom stereocenters. The van der Waals surface area contributed by atoms with E-state index in [9.17, 15) is 0 Å². The highest BCUT2D eigenvalue weighted by Crippen LogP contribution is 2.17. The molecule has 0 saturated carbocycles. The SMILES string of the molecule is CC(N)CCCCn1ccnc1-c1ccccc1. The van der Waals surface area contributed by atoms with Crippen molar-refractivity contribution in [3.05, 3.63) is 42.7 Å². The topological polar surface area (TPSA) is 43.8 Å². The highest BCUT2D eigenvalue weighted by molar-refractivity contribution is 5.54. The third-order valence-corrected chi connectivity index (χ3v) is 3.06. The van der Waals surface area contributed by atoms with Gasteiger partial charge in [-0.2, -0.15) is 0 Å². The first-order valence-corrected chi connectivity index (χ1v) is 6.59. The Hall–Kier alpha value is -1.61. The molecule has 2 N–H and O–H groups in total. The monoisotopic (exact) mass is 243 g/mol. The first-order valence-electron chi connectivity index (χ1n) is 6.59. The summed E-state index contributed by atoms with van der Waals surface area (Å²) >= 11 is 0. The molecule has 0 fully saturated rings. The number of hydrogen-bond donors (Lipinski definition) is 1. The lowest BCUT2D eigenvalue weighted by molar-refractivity contribution is 0.551. The van der Waals surface area contributed by atoms with E-state index in [0.29, 0.717) is 6.04 Å². The minimum atomic E-state index is 0.307. The highest BCUT2D eigenvalue weighted by Gasteiger charge is 2.04. The van der Waals surface area contributed by atoms with Gasteiger partial charge in [0, 0.05) is 30.5 Å². The summed E-state index contributed by atoms with van der Waals surface area (Å²) in [4.78, 5) is 4.44. The van der Waals surface area contributed by atoms with E-state index >= 15 is 0 Å². The van der Waals surface area contributed by atoms with E-state index in [1.54, 1.807) is 0 Å². The molecule has 0 aliphatic rings. The van der Waals surface area contributed by atoms with Crippen LogP contribution in [0.3, 0.4) is 0 Å². The zero-order valence-electron chi connectivity index (χ0n) is 10.9. The van der Waals surface area contributed by atoms with Gasteiger partial charge in [-0.1, -0.05) is 36.8 Å². The molecule has 0 aliphatic carbocycles. The van der Waals surface area contributed by atoms with Gasteiger partial charge in [-0.15, -0.1) is 0 Å². The Morgan fingerprint density at radius 2 is 2.00 bits per heavy atom. The summed E-state index contributed by atoms with van der Waals surface area (Å²) in [6.07, 6.45) is 7.33. The Labute approximate surface area is 109 Å². The van der Waals surface area contributed by atoms with E-state index in [-0.39, 0.29) is 0 Å². The van der Waals surface area contributed by atoms with Crippen LogP contribution in [0.1, 0.15) is 26.2 Å². The van der Waals surface area contributed by atoms with Crippen LogP contribution >= 0.6 is 0 Å². The third-order valence-electron chi connectivity index (χ3n) is 3.06. The normalized spacial score (nSPS) is 12.6. The predicted octanol–water partition coefficient (Wildman–Crippen LogP) is 3.07. The molecule has 0 aliphatic heterocycles. The summed E-state index contributed by atoms with van der Waals surface area (Å²) in [5.74, 6) is 1.05. The van der Waals surface area contributed by atoms with Crippen LogP contribution in [0, 0.1) is 0 Å². The summed E-state index contributed by atoms with van der Waals surface area (Å²) in [6, 6.07) is 10.6. The van der Waals surface area contributed by atoms with Crippen molar-refractivity contribution < 1.29 is 0 Å². The number of nitrogens with two attached hydrogens (primary N) is 1. The van der Waals surface area contributed by atoms with Crippen LogP contribution in [0.15, 0.2) is 42.7 Å². The highest BCUT2D eigenvalue weighted by atomic mass is 15.1. The van der Waals surface area contributed by atoms with Crippen molar-refractivity contribution >= 4 is 0 Å². The molecule has 3 nitrogen and oxygen atoms in total. The van der Waals surface area contributed by atoms with Gasteiger partial charge in [0.1, 0.15) is 5.82 Å². The minimum Gasteiger partial charge on any atom is -0.331 e. The lowest BCUT2D eigenvalue weighted by Gasteiger charge is -2.08. The Morgan fingerprint density at radius 3 is 2.72 bits per heavy atom. The molecular formula is C15H21N3. The molecule has 0 radical (unpaired) electrons. The van der Waals surface area contributed by atoms with E-state index < -0.39 is 0 Å². The van der Waals surface area contributed by atoms with Gasteiger partial charge in [0.2, 0.25) is 0 Å². The Morgan fingerprint density at radius 1 is 1.22 bits per heavy atom. The van der Waals surface area contributed by atoms with E-state index in [1.807, 2.05) is 30.6 Å². The number of aromatic nitrogens is 2. The Balaban J connectivity index is 1.96. The summed E-state index contributed by atoms with van der Waals surface area (Å²) in [5, 5.41) is 0. The second-order valence-corrected chi connectivity index (χ2v) is 4.78.